The second kappa shape index (κ2) is 9.09. The molecule has 1 fully saturated rings. The number of hydrogen-bond acceptors (Lipinski definition) is 5. The van der Waals surface area contributed by atoms with E-state index in [2.05, 4.69) is 20.9 Å². The molecule has 8 heteroatoms. The van der Waals surface area contributed by atoms with Crippen LogP contribution in [-0.4, -0.2) is 29.5 Å². The quantitative estimate of drug-likeness (QED) is 0.574. The van der Waals surface area contributed by atoms with Crippen LogP contribution < -0.4 is 16.0 Å². The van der Waals surface area contributed by atoms with Gasteiger partial charge in [-0.3, -0.25) is 4.79 Å². The van der Waals surface area contributed by atoms with Gasteiger partial charge >= 0.3 is 6.03 Å². The molecule has 3 N–H and O–H groups in total. The van der Waals surface area contributed by atoms with E-state index < -0.39 is 0 Å². The Kier molecular flexibility index (Phi) is 6.09. The third-order valence-corrected chi connectivity index (χ3v) is 6.03. The molecule has 2 aromatic heterocycles. The zero-order valence-electron chi connectivity index (χ0n) is 16.1. The number of fused-ring (bicyclic) bond motifs is 1. The first-order valence-corrected chi connectivity index (χ1v) is 10.7. The van der Waals surface area contributed by atoms with Crippen LogP contribution >= 0.6 is 11.3 Å². The lowest BCUT2D eigenvalue weighted by Gasteiger charge is -2.22. The number of furan rings is 1. The number of thiazole rings is 1. The molecule has 1 aliphatic carbocycles. The summed E-state index contributed by atoms with van der Waals surface area (Å²) in [5.41, 5.74) is 0.941. The van der Waals surface area contributed by atoms with Crippen molar-refractivity contribution in [3.63, 3.8) is 0 Å². The van der Waals surface area contributed by atoms with Gasteiger partial charge in [-0.25, -0.2) is 9.78 Å². The molecule has 4 rings (SSSR count). The van der Waals surface area contributed by atoms with Gasteiger partial charge in [0.15, 0.2) is 10.8 Å². The van der Waals surface area contributed by atoms with Crippen LogP contribution in [0.25, 0.3) is 21.0 Å². The molecule has 3 aromatic rings. The fraction of sp³-hybridized carbons (Fsp3) is 0.381. The molecule has 1 aromatic carbocycles. The summed E-state index contributed by atoms with van der Waals surface area (Å²) in [4.78, 5) is 28.5. The maximum Gasteiger partial charge on any atom is 0.315 e. The van der Waals surface area contributed by atoms with Gasteiger partial charge in [0.25, 0.3) is 0 Å². The second-order valence-corrected chi connectivity index (χ2v) is 8.22. The molecular weight excluding hydrogens is 388 g/mol. The molecule has 3 amide bonds. The zero-order valence-corrected chi connectivity index (χ0v) is 16.9. The largest absolute Gasteiger partial charge is 0.457 e. The first kappa shape index (κ1) is 19.4. The van der Waals surface area contributed by atoms with Gasteiger partial charge in [0, 0.05) is 6.04 Å². The van der Waals surface area contributed by atoms with Gasteiger partial charge < -0.3 is 20.4 Å². The summed E-state index contributed by atoms with van der Waals surface area (Å²) in [5.74, 6) is 1.06. The highest BCUT2D eigenvalue weighted by atomic mass is 32.1. The Hall–Kier alpha value is -2.87. The second-order valence-electron chi connectivity index (χ2n) is 7.19. The number of rotatable bonds is 6. The molecule has 1 saturated carbocycles. The number of nitrogens with one attached hydrogen (secondary N) is 3. The van der Waals surface area contributed by atoms with Gasteiger partial charge in [-0.2, -0.15) is 0 Å². The number of aromatic nitrogens is 1. The summed E-state index contributed by atoms with van der Waals surface area (Å²) in [6, 6.07) is 11.5. The number of para-hydroxylation sites is 1. The van der Waals surface area contributed by atoms with E-state index in [1.165, 1.54) is 6.42 Å². The highest BCUT2D eigenvalue weighted by Crippen LogP contribution is 2.31. The summed E-state index contributed by atoms with van der Waals surface area (Å²) in [6.07, 6.45) is 5.54. The molecule has 0 atom stereocenters. The van der Waals surface area contributed by atoms with Crippen molar-refractivity contribution in [1.29, 1.82) is 0 Å². The Balaban J connectivity index is 1.23. The highest BCUT2D eigenvalue weighted by Gasteiger charge is 2.16. The van der Waals surface area contributed by atoms with E-state index in [4.69, 9.17) is 4.42 Å². The van der Waals surface area contributed by atoms with Crippen molar-refractivity contribution in [3.8, 4) is 10.8 Å². The van der Waals surface area contributed by atoms with Gasteiger partial charge in [-0.1, -0.05) is 31.4 Å². The fourth-order valence-electron chi connectivity index (χ4n) is 3.46. The number of amides is 3. The molecule has 0 saturated heterocycles. The number of carbonyl (C=O) groups excluding carboxylic acids is 2. The van der Waals surface area contributed by atoms with Crippen LogP contribution in [0.3, 0.4) is 0 Å². The van der Waals surface area contributed by atoms with Crippen LogP contribution in [0.4, 0.5) is 4.79 Å². The molecule has 2 heterocycles. The van der Waals surface area contributed by atoms with Crippen LogP contribution in [0.15, 0.2) is 40.8 Å². The lowest BCUT2D eigenvalue weighted by atomic mass is 9.96. The molecular formula is C21H24N4O3S. The lowest BCUT2D eigenvalue weighted by molar-refractivity contribution is -0.120. The summed E-state index contributed by atoms with van der Waals surface area (Å²) in [6.45, 7) is 0.194. The maximum absolute atomic E-state index is 12.0. The molecule has 0 radical (unpaired) electrons. The third kappa shape index (κ3) is 5.14. The topological polar surface area (TPSA) is 96.3 Å². The molecule has 152 valence electrons. The average Bonchev–Trinajstić information content (AvgIpc) is 3.38. The van der Waals surface area contributed by atoms with Crippen LogP contribution in [-0.2, 0) is 11.3 Å². The molecule has 29 heavy (non-hydrogen) atoms. The summed E-state index contributed by atoms with van der Waals surface area (Å²) in [7, 11) is 0. The van der Waals surface area contributed by atoms with Crippen molar-refractivity contribution in [3.05, 3.63) is 42.2 Å². The van der Waals surface area contributed by atoms with Gasteiger partial charge in [0.05, 0.1) is 23.3 Å². The Morgan fingerprint density at radius 2 is 1.90 bits per heavy atom. The Morgan fingerprint density at radius 1 is 1.07 bits per heavy atom. The Morgan fingerprint density at radius 3 is 2.72 bits per heavy atom. The van der Waals surface area contributed by atoms with Crippen molar-refractivity contribution < 1.29 is 14.0 Å². The monoisotopic (exact) mass is 412 g/mol. The Labute approximate surface area is 172 Å². The predicted molar refractivity (Wildman–Crippen MR) is 113 cm³/mol. The number of urea groups is 1. The average molecular weight is 413 g/mol. The van der Waals surface area contributed by atoms with E-state index in [0.717, 1.165) is 40.9 Å². The maximum atomic E-state index is 12.0. The van der Waals surface area contributed by atoms with Crippen molar-refractivity contribution in [1.82, 2.24) is 20.9 Å². The van der Waals surface area contributed by atoms with Gasteiger partial charge in [-0.05, 0) is 37.1 Å². The summed E-state index contributed by atoms with van der Waals surface area (Å²) in [5, 5.41) is 9.10. The molecule has 7 nitrogen and oxygen atoms in total. The van der Waals surface area contributed by atoms with E-state index in [-0.39, 0.29) is 31.1 Å². The summed E-state index contributed by atoms with van der Waals surface area (Å²) < 4.78 is 6.91. The number of benzene rings is 1. The van der Waals surface area contributed by atoms with Crippen LogP contribution in [0.1, 0.15) is 37.9 Å². The van der Waals surface area contributed by atoms with Crippen molar-refractivity contribution in [2.24, 2.45) is 0 Å². The Bertz CT molecular complexity index is 958. The minimum absolute atomic E-state index is 0.0655. The van der Waals surface area contributed by atoms with Crippen LogP contribution in [0.2, 0.25) is 0 Å². The highest BCUT2D eigenvalue weighted by molar-refractivity contribution is 7.21. The van der Waals surface area contributed by atoms with Crippen molar-refractivity contribution in [2.45, 2.75) is 44.7 Å². The number of nitrogens with zero attached hydrogens (tertiary/aromatic N) is 1. The van der Waals surface area contributed by atoms with Crippen LogP contribution in [0.5, 0.6) is 0 Å². The van der Waals surface area contributed by atoms with Crippen LogP contribution in [0, 0.1) is 0 Å². The van der Waals surface area contributed by atoms with Gasteiger partial charge in [0.2, 0.25) is 5.91 Å². The van der Waals surface area contributed by atoms with Crippen molar-refractivity contribution >= 4 is 33.5 Å². The third-order valence-electron chi connectivity index (χ3n) is 4.98. The normalized spacial score (nSPS) is 14.6. The van der Waals surface area contributed by atoms with Gasteiger partial charge in [-0.15, -0.1) is 11.3 Å². The zero-order chi connectivity index (χ0) is 20.1. The SMILES string of the molecule is O=C(CNC(=O)NC1CCCCC1)NCc1ccc(-c2nc3ccccc3s2)o1. The smallest absolute Gasteiger partial charge is 0.315 e. The van der Waals surface area contributed by atoms with E-state index in [1.807, 2.05) is 36.4 Å². The first-order chi connectivity index (χ1) is 14.2. The molecule has 0 bridgehead atoms. The fourth-order valence-corrected chi connectivity index (χ4v) is 4.39. The predicted octanol–water partition coefficient (Wildman–Crippen LogP) is 3.80. The van der Waals surface area contributed by atoms with E-state index in [9.17, 15) is 9.59 Å². The molecule has 0 aliphatic heterocycles. The minimum atomic E-state index is -0.289. The number of hydrogen-bond donors (Lipinski definition) is 3. The van der Waals surface area contributed by atoms with E-state index in [1.54, 1.807) is 11.3 Å². The summed E-state index contributed by atoms with van der Waals surface area (Å²) >= 11 is 1.57. The minimum Gasteiger partial charge on any atom is -0.457 e. The van der Waals surface area contributed by atoms with E-state index >= 15 is 0 Å². The first-order valence-electron chi connectivity index (χ1n) is 9.93. The molecule has 1 aliphatic rings. The number of carbonyl (C=O) groups is 2. The van der Waals surface area contributed by atoms with E-state index in [0.29, 0.717) is 11.5 Å². The molecule has 0 spiro atoms. The molecule has 0 unspecified atom stereocenters. The standard InChI is InChI=1S/C21H24N4O3S/c26-19(13-23-21(27)24-14-6-2-1-3-7-14)22-12-15-10-11-17(28-15)20-25-16-8-4-5-9-18(16)29-20/h4-5,8-11,14H,1-3,6-7,12-13H2,(H,22,26)(H2,23,24,27). The van der Waals surface area contributed by atoms with Crippen molar-refractivity contribution in [2.75, 3.05) is 6.54 Å². The van der Waals surface area contributed by atoms with Gasteiger partial charge in [0.1, 0.15) is 5.76 Å². The lowest BCUT2D eigenvalue weighted by Crippen LogP contribution is -2.46.